The molecule has 3 aromatic rings. The summed E-state index contributed by atoms with van der Waals surface area (Å²) in [4.78, 5) is 34.0. The van der Waals surface area contributed by atoms with E-state index in [0.717, 1.165) is 5.69 Å². The van der Waals surface area contributed by atoms with Gasteiger partial charge in [-0.1, -0.05) is 29.8 Å². The van der Waals surface area contributed by atoms with E-state index in [4.69, 9.17) is 16.3 Å². The highest BCUT2D eigenvalue weighted by atomic mass is 35.5. The van der Waals surface area contributed by atoms with Crippen LogP contribution in [0.1, 0.15) is 22.9 Å². The van der Waals surface area contributed by atoms with Gasteiger partial charge < -0.3 is 19.6 Å². The Morgan fingerprint density at radius 3 is 2.47 bits per heavy atom. The Morgan fingerprint density at radius 1 is 1.12 bits per heavy atom. The second-order valence-electron chi connectivity index (χ2n) is 8.08. The minimum atomic E-state index is -0.792. The van der Waals surface area contributed by atoms with Crippen LogP contribution in [0.3, 0.4) is 0 Å². The van der Waals surface area contributed by atoms with E-state index in [-0.39, 0.29) is 17.9 Å². The number of aliphatic hydroxyl groups excluding tert-OH is 1. The number of aliphatic hydroxyl groups is 1. The summed E-state index contributed by atoms with van der Waals surface area (Å²) in [5.41, 5.74) is 2.62. The Balaban J connectivity index is 1.86. The van der Waals surface area contributed by atoms with Gasteiger partial charge in [0.2, 0.25) is 0 Å². The Hall–Kier alpha value is -3.84. The van der Waals surface area contributed by atoms with Crippen molar-refractivity contribution >= 4 is 34.7 Å². The third kappa shape index (κ3) is 4.34. The van der Waals surface area contributed by atoms with Crippen LogP contribution < -0.4 is 9.64 Å². The molecule has 0 bridgehead atoms. The molecule has 1 aliphatic heterocycles. The van der Waals surface area contributed by atoms with Crippen LogP contribution >= 0.6 is 11.6 Å². The Labute approximate surface area is 202 Å². The van der Waals surface area contributed by atoms with Gasteiger partial charge in [0.05, 0.1) is 36.0 Å². The smallest absolute Gasteiger partial charge is 0.296 e. The maximum atomic E-state index is 13.2. The number of carbonyl (C=O) groups excluding carboxylic acids is 2. The zero-order chi connectivity index (χ0) is 24.4. The molecule has 1 fully saturated rings. The molecular weight excluding hydrogens is 454 g/mol. The highest BCUT2D eigenvalue weighted by Gasteiger charge is 2.46. The highest BCUT2D eigenvalue weighted by Crippen LogP contribution is 2.41. The van der Waals surface area contributed by atoms with Gasteiger partial charge in [0.25, 0.3) is 11.7 Å². The molecule has 0 aliphatic carbocycles. The number of rotatable bonds is 6. The molecule has 0 saturated carbocycles. The normalized spacial score (nSPS) is 17.2. The zero-order valence-electron chi connectivity index (χ0n) is 19.0. The van der Waals surface area contributed by atoms with Crippen molar-refractivity contribution in [3.05, 3.63) is 94.3 Å². The Bertz CT molecular complexity index is 1260. The van der Waals surface area contributed by atoms with Crippen molar-refractivity contribution in [1.29, 1.82) is 0 Å². The monoisotopic (exact) mass is 477 g/mol. The molecule has 34 heavy (non-hydrogen) atoms. The number of methoxy groups -OCH3 is 1. The summed E-state index contributed by atoms with van der Waals surface area (Å²) in [7, 11) is 5.31. The first-order valence-corrected chi connectivity index (χ1v) is 11.0. The molecule has 0 radical (unpaired) electrons. The molecule has 4 rings (SSSR count). The van der Waals surface area contributed by atoms with Gasteiger partial charge in [-0.15, -0.1) is 0 Å². The van der Waals surface area contributed by atoms with Gasteiger partial charge in [0.15, 0.2) is 0 Å². The summed E-state index contributed by atoms with van der Waals surface area (Å²) in [6.45, 7) is 0.117. The van der Waals surface area contributed by atoms with Gasteiger partial charge >= 0.3 is 0 Å². The number of pyridine rings is 1. The molecule has 1 unspecified atom stereocenters. The van der Waals surface area contributed by atoms with Crippen molar-refractivity contribution in [3.63, 3.8) is 0 Å². The first-order chi connectivity index (χ1) is 16.3. The van der Waals surface area contributed by atoms with Crippen LogP contribution in [0.2, 0.25) is 5.02 Å². The van der Waals surface area contributed by atoms with E-state index in [9.17, 15) is 14.7 Å². The molecule has 1 N–H and O–H groups in total. The van der Waals surface area contributed by atoms with Crippen LogP contribution in [0.5, 0.6) is 5.75 Å². The number of aromatic nitrogens is 1. The molecule has 2 aromatic carbocycles. The number of halogens is 1. The van der Waals surface area contributed by atoms with E-state index < -0.39 is 17.7 Å². The fraction of sp³-hybridized carbons (Fsp3) is 0.192. The van der Waals surface area contributed by atoms with E-state index >= 15 is 0 Å². The third-order valence-corrected chi connectivity index (χ3v) is 6.06. The van der Waals surface area contributed by atoms with E-state index in [1.165, 1.54) is 18.1 Å². The van der Waals surface area contributed by atoms with E-state index in [1.807, 2.05) is 49.3 Å². The van der Waals surface area contributed by atoms with Gasteiger partial charge in [-0.25, -0.2) is 0 Å². The number of benzene rings is 2. The molecule has 1 aliphatic rings. The minimum Gasteiger partial charge on any atom is -0.507 e. The van der Waals surface area contributed by atoms with Crippen molar-refractivity contribution in [1.82, 2.24) is 9.88 Å². The molecule has 1 aromatic heterocycles. The van der Waals surface area contributed by atoms with E-state index in [2.05, 4.69) is 4.98 Å². The quantitative estimate of drug-likeness (QED) is 0.321. The average Bonchev–Trinajstić information content (AvgIpc) is 3.09. The molecule has 1 saturated heterocycles. The number of carbonyl (C=O) groups is 2. The Morgan fingerprint density at radius 2 is 1.85 bits per heavy atom. The summed E-state index contributed by atoms with van der Waals surface area (Å²) in [6, 6.07) is 16.8. The van der Waals surface area contributed by atoms with Crippen molar-refractivity contribution in [2.24, 2.45) is 0 Å². The van der Waals surface area contributed by atoms with E-state index in [0.29, 0.717) is 27.6 Å². The van der Waals surface area contributed by atoms with Crippen LogP contribution in [0.15, 0.2) is 72.4 Å². The summed E-state index contributed by atoms with van der Waals surface area (Å²) in [5.74, 6) is -1.40. The van der Waals surface area contributed by atoms with Crippen LogP contribution in [0, 0.1) is 0 Å². The van der Waals surface area contributed by atoms with Crippen molar-refractivity contribution < 1.29 is 19.4 Å². The largest absolute Gasteiger partial charge is 0.507 e. The lowest BCUT2D eigenvalue weighted by molar-refractivity contribution is -0.140. The molecule has 7 nitrogen and oxygen atoms in total. The van der Waals surface area contributed by atoms with Crippen LogP contribution in [-0.2, 0) is 16.1 Å². The van der Waals surface area contributed by atoms with Gasteiger partial charge in [-0.2, -0.15) is 0 Å². The number of Topliss-reactive ketones (excluding diaryl/α,β-unsaturated/α-hetero) is 1. The molecule has 0 spiro atoms. The molecule has 174 valence electrons. The number of ketones is 1. The van der Waals surface area contributed by atoms with Crippen molar-refractivity contribution in [2.75, 3.05) is 26.1 Å². The molecule has 1 amide bonds. The lowest BCUT2D eigenvalue weighted by Crippen LogP contribution is -2.29. The average molecular weight is 478 g/mol. The topological polar surface area (TPSA) is 83.0 Å². The number of hydrogen-bond acceptors (Lipinski definition) is 6. The minimum absolute atomic E-state index is 0.00269. The maximum Gasteiger partial charge on any atom is 0.296 e. The standard InChI is InChI=1S/C26H24ClN3O4/c1-29(2)19-10-7-16(8-11-19)23-22(24(31)17-9-12-20(27)21(14-17)34-3)25(32)26(33)30(23)15-18-6-4-5-13-28-18/h4-14,23,31H,15H2,1-3H3/b24-22-. The number of ether oxygens (including phenoxy) is 1. The van der Waals surface area contributed by atoms with Crippen LogP contribution in [-0.4, -0.2) is 47.9 Å². The molecular formula is C26H24ClN3O4. The van der Waals surface area contributed by atoms with E-state index in [1.54, 1.807) is 30.5 Å². The molecule has 1 atom stereocenters. The molecule has 8 heteroatoms. The third-order valence-electron chi connectivity index (χ3n) is 5.75. The van der Waals surface area contributed by atoms with Crippen LogP contribution in [0.25, 0.3) is 5.76 Å². The summed E-state index contributed by atoms with van der Waals surface area (Å²) in [6.07, 6.45) is 1.63. The predicted molar refractivity (Wildman–Crippen MR) is 131 cm³/mol. The van der Waals surface area contributed by atoms with Gasteiger partial charge in [0, 0.05) is 31.5 Å². The number of hydrogen-bond donors (Lipinski definition) is 1. The maximum absolute atomic E-state index is 13.2. The number of anilines is 1. The van der Waals surface area contributed by atoms with Crippen LogP contribution in [0.4, 0.5) is 5.69 Å². The zero-order valence-corrected chi connectivity index (χ0v) is 19.8. The fourth-order valence-corrected chi connectivity index (χ4v) is 4.17. The van der Waals surface area contributed by atoms with Gasteiger partial charge in [-0.05, 0) is 48.0 Å². The second-order valence-corrected chi connectivity index (χ2v) is 8.49. The highest BCUT2D eigenvalue weighted by molar-refractivity contribution is 6.46. The van der Waals surface area contributed by atoms with Crippen molar-refractivity contribution in [2.45, 2.75) is 12.6 Å². The number of likely N-dealkylation sites (tertiary alicyclic amines) is 1. The summed E-state index contributed by atoms with van der Waals surface area (Å²) < 4.78 is 5.25. The predicted octanol–water partition coefficient (Wildman–Crippen LogP) is 4.43. The summed E-state index contributed by atoms with van der Waals surface area (Å²) in [5, 5.41) is 11.6. The van der Waals surface area contributed by atoms with Crippen molar-refractivity contribution in [3.8, 4) is 5.75 Å². The second kappa shape index (κ2) is 9.57. The number of nitrogens with zero attached hydrogens (tertiary/aromatic N) is 3. The SMILES string of the molecule is COc1cc(/C(O)=C2/C(=O)C(=O)N(Cc3ccccn3)C2c2ccc(N(C)C)cc2)ccc1Cl. The molecule has 2 heterocycles. The summed E-state index contributed by atoms with van der Waals surface area (Å²) >= 11 is 6.13. The Kier molecular flexibility index (Phi) is 6.56. The fourth-order valence-electron chi connectivity index (χ4n) is 3.97. The first-order valence-electron chi connectivity index (χ1n) is 10.6. The van der Waals surface area contributed by atoms with Gasteiger partial charge in [-0.3, -0.25) is 14.6 Å². The first kappa shape index (κ1) is 23.3. The van der Waals surface area contributed by atoms with Gasteiger partial charge in [0.1, 0.15) is 11.5 Å². The lowest BCUT2D eigenvalue weighted by Gasteiger charge is -2.25. The number of amides is 1. The lowest BCUT2D eigenvalue weighted by atomic mass is 9.95.